The van der Waals surface area contributed by atoms with Crippen LogP contribution in [-0.2, 0) is 20.9 Å². The van der Waals surface area contributed by atoms with Crippen LogP contribution in [0.4, 0.5) is 4.39 Å². The Hall–Kier alpha value is -1.95. The molecule has 0 aliphatic carbocycles. The van der Waals surface area contributed by atoms with Gasteiger partial charge in [-0.1, -0.05) is 12.1 Å². The van der Waals surface area contributed by atoms with Crippen LogP contribution in [-0.4, -0.2) is 55.0 Å². The second kappa shape index (κ2) is 7.52. The standard InChI is InChI=1S/C19H25FN2O3/c1-25-14-17(23)21-10-7-19(8-11-21)6-3-9-22(18(19)24)13-15-4-2-5-16(20)12-15/h2,4-5,12H,3,6-11,13-14H2,1H3. The maximum absolute atomic E-state index is 13.4. The zero-order valence-corrected chi connectivity index (χ0v) is 14.7. The molecule has 6 heteroatoms. The van der Waals surface area contributed by atoms with Gasteiger partial charge in [0.15, 0.2) is 0 Å². The first-order chi connectivity index (χ1) is 12.0. The fraction of sp³-hybridized carbons (Fsp3) is 0.579. The second-order valence-corrected chi connectivity index (χ2v) is 7.05. The lowest BCUT2D eigenvalue weighted by molar-refractivity contribution is -0.154. The Balaban J connectivity index is 1.65. The number of nitrogens with zero attached hydrogens (tertiary/aromatic N) is 2. The van der Waals surface area contributed by atoms with Gasteiger partial charge in [-0.05, 0) is 43.4 Å². The fourth-order valence-electron chi connectivity index (χ4n) is 4.02. The number of carbonyl (C=O) groups is 2. The van der Waals surface area contributed by atoms with Crippen molar-refractivity contribution in [2.24, 2.45) is 5.41 Å². The number of piperidine rings is 2. The van der Waals surface area contributed by atoms with Crippen molar-refractivity contribution in [2.45, 2.75) is 32.2 Å². The number of hydrogen-bond donors (Lipinski definition) is 0. The molecule has 2 fully saturated rings. The summed E-state index contributed by atoms with van der Waals surface area (Å²) in [5.41, 5.74) is 0.452. The number of rotatable bonds is 4. The van der Waals surface area contributed by atoms with Crippen molar-refractivity contribution in [3.8, 4) is 0 Å². The Labute approximate surface area is 147 Å². The van der Waals surface area contributed by atoms with Crippen molar-refractivity contribution in [1.82, 2.24) is 9.80 Å². The van der Waals surface area contributed by atoms with Crippen molar-refractivity contribution in [1.29, 1.82) is 0 Å². The van der Waals surface area contributed by atoms with Crippen LogP contribution in [0.3, 0.4) is 0 Å². The van der Waals surface area contributed by atoms with Gasteiger partial charge in [-0.25, -0.2) is 4.39 Å². The van der Waals surface area contributed by atoms with E-state index in [2.05, 4.69) is 0 Å². The van der Waals surface area contributed by atoms with Crippen LogP contribution < -0.4 is 0 Å². The van der Waals surface area contributed by atoms with Crippen molar-refractivity contribution in [3.63, 3.8) is 0 Å². The molecule has 2 saturated heterocycles. The lowest BCUT2D eigenvalue weighted by atomic mass is 9.71. The highest BCUT2D eigenvalue weighted by atomic mass is 19.1. The van der Waals surface area contributed by atoms with Gasteiger partial charge in [0, 0.05) is 33.3 Å². The average molecular weight is 348 g/mol. The Morgan fingerprint density at radius 1 is 1.24 bits per heavy atom. The first-order valence-corrected chi connectivity index (χ1v) is 8.85. The quantitative estimate of drug-likeness (QED) is 0.838. The summed E-state index contributed by atoms with van der Waals surface area (Å²) in [5, 5.41) is 0. The van der Waals surface area contributed by atoms with Crippen molar-refractivity contribution >= 4 is 11.8 Å². The van der Waals surface area contributed by atoms with Gasteiger partial charge in [-0.3, -0.25) is 9.59 Å². The molecule has 0 N–H and O–H groups in total. The molecular formula is C19H25FN2O3. The Morgan fingerprint density at radius 2 is 2.00 bits per heavy atom. The third kappa shape index (κ3) is 3.84. The Kier molecular flexibility index (Phi) is 5.37. The molecule has 2 heterocycles. The number of amides is 2. The summed E-state index contributed by atoms with van der Waals surface area (Å²) in [6.07, 6.45) is 3.22. The van der Waals surface area contributed by atoms with Crippen LogP contribution in [0.5, 0.6) is 0 Å². The molecule has 0 atom stereocenters. The highest BCUT2D eigenvalue weighted by Crippen LogP contribution is 2.41. The molecule has 0 bridgehead atoms. The molecule has 136 valence electrons. The summed E-state index contributed by atoms with van der Waals surface area (Å²) in [5.74, 6) is -0.138. The minimum Gasteiger partial charge on any atom is -0.375 e. The highest BCUT2D eigenvalue weighted by Gasteiger charge is 2.46. The molecule has 0 aromatic heterocycles. The van der Waals surface area contributed by atoms with E-state index in [1.165, 1.54) is 19.2 Å². The minimum atomic E-state index is -0.366. The molecule has 0 unspecified atom stereocenters. The summed E-state index contributed by atoms with van der Waals surface area (Å²) >= 11 is 0. The molecule has 1 spiro atoms. The Morgan fingerprint density at radius 3 is 2.68 bits per heavy atom. The maximum Gasteiger partial charge on any atom is 0.248 e. The first kappa shape index (κ1) is 17.9. The smallest absolute Gasteiger partial charge is 0.248 e. The molecule has 1 aromatic rings. The molecule has 2 aliphatic rings. The van der Waals surface area contributed by atoms with Gasteiger partial charge in [-0.2, -0.15) is 0 Å². The normalized spacial score (nSPS) is 20.2. The van der Waals surface area contributed by atoms with Crippen LogP contribution in [0.25, 0.3) is 0 Å². The zero-order chi connectivity index (χ0) is 17.9. The molecule has 0 radical (unpaired) electrons. The summed E-state index contributed by atoms with van der Waals surface area (Å²) in [4.78, 5) is 28.7. The van der Waals surface area contributed by atoms with E-state index in [4.69, 9.17) is 4.74 Å². The highest BCUT2D eigenvalue weighted by molar-refractivity contribution is 5.84. The lowest BCUT2D eigenvalue weighted by Gasteiger charge is -2.46. The fourth-order valence-corrected chi connectivity index (χ4v) is 4.02. The molecule has 2 amide bonds. The number of likely N-dealkylation sites (tertiary alicyclic amines) is 2. The third-order valence-corrected chi connectivity index (χ3v) is 5.43. The van der Waals surface area contributed by atoms with Crippen molar-refractivity contribution in [2.75, 3.05) is 33.4 Å². The topological polar surface area (TPSA) is 49.9 Å². The largest absolute Gasteiger partial charge is 0.375 e. The van der Waals surface area contributed by atoms with E-state index in [0.29, 0.717) is 39.0 Å². The molecule has 2 aliphatic heterocycles. The van der Waals surface area contributed by atoms with E-state index in [0.717, 1.165) is 18.4 Å². The molecule has 5 nitrogen and oxygen atoms in total. The van der Waals surface area contributed by atoms with Gasteiger partial charge in [-0.15, -0.1) is 0 Å². The number of benzene rings is 1. The van der Waals surface area contributed by atoms with Crippen molar-refractivity contribution < 1.29 is 18.7 Å². The number of ether oxygens (including phenoxy) is 1. The monoisotopic (exact) mass is 348 g/mol. The summed E-state index contributed by atoms with van der Waals surface area (Å²) < 4.78 is 18.3. The van der Waals surface area contributed by atoms with E-state index >= 15 is 0 Å². The van der Waals surface area contributed by atoms with Crippen LogP contribution in [0.2, 0.25) is 0 Å². The average Bonchev–Trinajstić information content (AvgIpc) is 2.60. The van der Waals surface area contributed by atoms with Gasteiger partial charge >= 0.3 is 0 Å². The Bertz CT molecular complexity index is 641. The predicted octanol–water partition coefficient (Wildman–Crippen LogP) is 2.20. The van der Waals surface area contributed by atoms with Gasteiger partial charge in [0.05, 0.1) is 5.41 Å². The number of carbonyl (C=O) groups excluding carboxylic acids is 2. The third-order valence-electron chi connectivity index (χ3n) is 5.43. The van der Waals surface area contributed by atoms with Gasteiger partial charge in [0.25, 0.3) is 0 Å². The minimum absolute atomic E-state index is 0.0165. The summed E-state index contributed by atoms with van der Waals surface area (Å²) in [6, 6.07) is 6.43. The SMILES string of the molecule is COCC(=O)N1CCC2(CCCN(Cc3cccc(F)c3)C2=O)CC1. The van der Waals surface area contributed by atoms with E-state index in [-0.39, 0.29) is 29.7 Å². The molecule has 1 aromatic carbocycles. The molecule has 0 saturated carbocycles. The van der Waals surface area contributed by atoms with Crippen LogP contribution in [0.1, 0.15) is 31.2 Å². The molecular weight excluding hydrogens is 323 g/mol. The van der Waals surface area contributed by atoms with E-state index in [9.17, 15) is 14.0 Å². The van der Waals surface area contributed by atoms with E-state index < -0.39 is 0 Å². The summed E-state index contributed by atoms with van der Waals surface area (Å²) in [7, 11) is 1.51. The van der Waals surface area contributed by atoms with Crippen LogP contribution in [0, 0.1) is 11.2 Å². The molecule has 25 heavy (non-hydrogen) atoms. The van der Waals surface area contributed by atoms with Crippen molar-refractivity contribution in [3.05, 3.63) is 35.6 Å². The number of hydrogen-bond acceptors (Lipinski definition) is 3. The first-order valence-electron chi connectivity index (χ1n) is 8.85. The van der Waals surface area contributed by atoms with E-state index in [1.807, 2.05) is 11.0 Å². The van der Waals surface area contributed by atoms with E-state index in [1.54, 1.807) is 11.0 Å². The van der Waals surface area contributed by atoms with Crippen LogP contribution in [0.15, 0.2) is 24.3 Å². The van der Waals surface area contributed by atoms with Crippen LogP contribution >= 0.6 is 0 Å². The molecule has 3 rings (SSSR count). The number of halogens is 1. The zero-order valence-electron chi connectivity index (χ0n) is 14.7. The maximum atomic E-state index is 13.4. The number of methoxy groups -OCH3 is 1. The van der Waals surface area contributed by atoms with Gasteiger partial charge < -0.3 is 14.5 Å². The summed E-state index contributed by atoms with van der Waals surface area (Å²) in [6.45, 7) is 2.45. The lowest BCUT2D eigenvalue weighted by Crippen LogP contribution is -2.54. The van der Waals surface area contributed by atoms with Gasteiger partial charge in [0.1, 0.15) is 12.4 Å². The second-order valence-electron chi connectivity index (χ2n) is 7.05. The van der Waals surface area contributed by atoms with Gasteiger partial charge in [0.2, 0.25) is 11.8 Å². The predicted molar refractivity (Wildman–Crippen MR) is 91.2 cm³/mol.